The zero-order valence-corrected chi connectivity index (χ0v) is 16.0. The maximum Gasteiger partial charge on any atom is 0.137 e. The SMILES string of the molecule is COc1c(Br)cc(Cl)cc1C(Br)c1cccc(I)c1. The Labute approximate surface area is 148 Å². The first-order valence-electron chi connectivity index (χ1n) is 5.45. The highest BCUT2D eigenvalue weighted by Gasteiger charge is 2.18. The van der Waals surface area contributed by atoms with Crippen LogP contribution < -0.4 is 4.74 Å². The summed E-state index contributed by atoms with van der Waals surface area (Å²) in [5, 5.41) is 0.678. The van der Waals surface area contributed by atoms with E-state index < -0.39 is 0 Å². The summed E-state index contributed by atoms with van der Waals surface area (Å²) < 4.78 is 7.51. The van der Waals surface area contributed by atoms with Crippen LogP contribution in [0.3, 0.4) is 0 Å². The molecule has 0 aliphatic heterocycles. The van der Waals surface area contributed by atoms with Gasteiger partial charge < -0.3 is 4.74 Å². The molecule has 100 valence electrons. The summed E-state index contributed by atoms with van der Waals surface area (Å²) in [5.74, 6) is 0.796. The van der Waals surface area contributed by atoms with Crippen molar-refractivity contribution in [2.75, 3.05) is 7.11 Å². The van der Waals surface area contributed by atoms with Crippen LogP contribution in [0.2, 0.25) is 5.02 Å². The molecule has 5 heteroatoms. The molecule has 2 rings (SSSR count). The van der Waals surface area contributed by atoms with Crippen molar-refractivity contribution < 1.29 is 4.74 Å². The molecule has 0 fully saturated rings. The van der Waals surface area contributed by atoms with Gasteiger partial charge in [-0.15, -0.1) is 0 Å². The van der Waals surface area contributed by atoms with Crippen molar-refractivity contribution in [3.05, 3.63) is 60.6 Å². The number of hydrogen-bond donors (Lipinski definition) is 0. The van der Waals surface area contributed by atoms with Gasteiger partial charge in [0.05, 0.1) is 16.4 Å². The Morgan fingerprint density at radius 1 is 1.26 bits per heavy atom. The van der Waals surface area contributed by atoms with Crippen molar-refractivity contribution in [2.24, 2.45) is 0 Å². The molecule has 0 amide bonds. The minimum Gasteiger partial charge on any atom is -0.495 e. The van der Waals surface area contributed by atoms with E-state index in [4.69, 9.17) is 16.3 Å². The van der Waals surface area contributed by atoms with Crippen molar-refractivity contribution in [3.63, 3.8) is 0 Å². The second kappa shape index (κ2) is 6.78. The van der Waals surface area contributed by atoms with Gasteiger partial charge in [-0.25, -0.2) is 0 Å². The molecule has 1 nitrogen and oxygen atoms in total. The lowest BCUT2D eigenvalue weighted by Gasteiger charge is -2.17. The van der Waals surface area contributed by atoms with E-state index in [-0.39, 0.29) is 4.83 Å². The molecular formula is C14H10Br2ClIO. The maximum atomic E-state index is 6.13. The predicted molar refractivity (Wildman–Crippen MR) is 95.6 cm³/mol. The lowest BCUT2D eigenvalue weighted by atomic mass is 10.0. The molecule has 0 saturated carbocycles. The zero-order chi connectivity index (χ0) is 14.0. The molecule has 19 heavy (non-hydrogen) atoms. The summed E-state index contributed by atoms with van der Waals surface area (Å²) in [6.07, 6.45) is 0. The van der Waals surface area contributed by atoms with Crippen LogP contribution in [-0.4, -0.2) is 7.11 Å². The quantitative estimate of drug-likeness (QED) is 0.349. The van der Waals surface area contributed by atoms with Crippen LogP contribution in [0.5, 0.6) is 5.75 Å². The summed E-state index contributed by atoms with van der Waals surface area (Å²) in [5.41, 5.74) is 2.17. The molecule has 0 bridgehead atoms. The summed E-state index contributed by atoms with van der Waals surface area (Å²) in [4.78, 5) is 0.0344. The highest BCUT2D eigenvalue weighted by molar-refractivity contribution is 14.1. The lowest BCUT2D eigenvalue weighted by molar-refractivity contribution is 0.408. The van der Waals surface area contributed by atoms with Gasteiger partial charge in [0.1, 0.15) is 5.75 Å². The minimum atomic E-state index is 0.0344. The molecule has 0 aliphatic carbocycles. The molecule has 0 radical (unpaired) electrons. The van der Waals surface area contributed by atoms with Crippen LogP contribution in [-0.2, 0) is 0 Å². The fraction of sp³-hybridized carbons (Fsp3) is 0.143. The van der Waals surface area contributed by atoms with Crippen LogP contribution in [0.1, 0.15) is 16.0 Å². The highest BCUT2D eigenvalue weighted by Crippen LogP contribution is 2.42. The molecular weight excluding hydrogens is 506 g/mol. The predicted octanol–water partition coefficient (Wildman–Crippen LogP) is 6.20. The van der Waals surface area contributed by atoms with Gasteiger partial charge in [0.15, 0.2) is 0 Å². The number of ether oxygens (including phenoxy) is 1. The molecule has 0 aliphatic rings. The molecule has 2 aromatic carbocycles. The zero-order valence-electron chi connectivity index (χ0n) is 9.96. The van der Waals surface area contributed by atoms with E-state index in [0.717, 1.165) is 15.8 Å². The molecule has 0 spiro atoms. The first-order valence-corrected chi connectivity index (χ1v) is 8.62. The minimum absolute atomic E-state index is 0.0344. The number of hydrogen-bond acceptors (Lipinski definition) is 1. The van der Waals surface area contributed by atoms with E-state index in [1.807, 2.05) is 18.2 Å². The fourth-order valence-electron chi connectivity index (χ4n) is 1.83. The summed E-state index contributed by atoms with van der Waals surface area (Å²) >= 11 is 15.6. The molecule has 1 atom stereocenters. The van der Waals surface area contributed by atoms with E-state index in [2.05, 4.69) is 72.6 Å². The van der Waals surface area contributed by atoms with Crippen molar-refractivity contribution in [1.29, 1.82) is 0 Å². The van der Waals surface area contributed by atoms with Gasteiger partial charge in [0.2, 0.25) is 0 Å². The Balaban J connectivity index is 2.52. The second-order valence-electron chi connectivity index (χ2n) is 3.93. The molecule has 0 saturated heterocycles. The molecule has 0 N–H and O–H groups in total. The van der Waals surface area contributed by atoms with E-state index >= 15 is 0 Å². The molecule has 2 aromatic rings. The topological polar surface area (TPSA) is 9.23 Å². The first-order chi connectivity index (χ1) is 9.02. The third-order valence-corrected chi connectivity index (χ3v) is 5.16. The van der Waals surface area contributed by atoms with Gasteiger partial charge in [0, 0.05) is 14.2 Å². The third kappa shape index (κ3) is 3.65. The van der Waals surface area contributed by atoms with Crippen LogP contribution in [0.15, 0.2) is 40.9 Å². The number of methoxy groups -OCH3 is 1. The average molecular weight is 516 g/mol. The Bertz CT molecular complexity index is 604. The van der Waals surface area contributed by atoms with Crippen molar-refractivity contribution in [1.82, 2.24) is 0 Å². The van der Waals surface area contributed by atoms with Crippen molar-refractivity contribution >= 4 is 66.1 Å². The Kier molecular flexibility index (Phi) is 5.57. The van der Waals surface area contributed by atoms with E-state index in [0.29, 0.717) is 5.02 Å². The third-order valence-electron chi connectivity index (χ3n) is 2.66. The standard InChI is InChI=1S/C14H10Br2ClIO/c1-19-14-11(6-9(17)7-12(14)15)13(16)8-3-2-4-10(18)5-8/h2-7,13H,1H3. The first kappa shape index (κ1) is 15.6. The monoisotopic (exact) mass is 514 g/mol. The summed E-state index contributed by atoms with van der Waals surface area (Å²) in [6.45, 7) is 0. The number of alkyl halides is 1. The van der Waals surface area contributed by atoms with Crippen molar-refractivity contribution in [3.8, 4) is 5.75 Å². The number of rotatable bonds is 3. The number of benzene rings is 2. The van der Waals surface area contributed by atoms with Crippen molar-refractivity contribution in [2.45, 2.75) is 4.83 Å². The largest absolute Gasteiger partial charge is 0.495 e. The average Bonchev–Trinajstić information content (AvgIpc) is 2.37. The van der Waals surface area contributed by atoms with E-state index in [9.17, 15) is 0 Å². The van der Waals surface area contributed by atoms with Gasteiger partial charge in [-0.3, -0.25) is 0 Å². The summed E-state index contributed by atoms with van der Waals surface area (Å²) in [6, 6.07) is 12.1. The Morgan fingerprint density at radius 3 is 2.63 bits per heavy atom. The molecule has 0 aromatic heterocycles. The molecule has 1 unspecified atom stereocenters. The van der Waals surface area contributed by atoms with Gasteiger partial charge in [-0.1, -0.05) is 39.7 Å². The second-order valence-corrected chi connectivity index (χ2v) is 7.38. The van der Waals surface area contributed by atoms with Crippen LogP contribution in [0.25, 0.3) is 0 Å². The Hall–Kier alpha value is 0.220. The van der Waals surface area contributed by atoms with Crippen LogP contribution >= 0.6 is 66.1 Å². The van der Waals surface area contributed by atoms with Crippen LogP contribution in [0, 0.1) is 3.57 Å². The van der Waals surface area contributed by atoms with Gasteiger partial charge in [0.25, 0.3) is 0 Å². The smallest absolute Gasteiger partial charge is 0.137 e. The number of halogens is 4. The highest BCUT2D eigenvalue weighted by atomic mass is 127. The van der Waals surface area contributed by atoms with Gasteiger partial charge in [-0.2, -0.15) is 0 Å². The van der Waals surface area contributed by atoms with Gasteiger partial charge >= 0.3 is 0 Å². The lowest BCUT2D eigenvalue weighted by Crippen LogP contribution is -1.98. The summed E-state index contributed by atoms with van der Waals surface area (Å²) in [7, 11) is 1.66. The normalized spacial score (nSPS) is 12.3. The van der Waals surface area contributed by atoms with Crippen LogP contribution in [0.4, 0.5) is 0 Å². The van der Waals surface area contributed by atoms with Gasteiger partial charge in [-0.05, 0) is 68.3 Å². The maximum absolute atomic E-state index is 6.13. The van der Waals surface area contributed by atoms with E-state index in [1.165, 1.54) is 9.13 Å². The Morgan fingerprint density at radius 2 is 2.00 bits per heavy atom. The fourth-order valence-corrected chi connectivity index (χ4v) is 4.02. The van der Waals surface area contributed by atoms with E-state index in [1.54, 1.807) is 7.11 Å². The molecule has 0 heterocycles.